The van der Waals surface area contributed by atoms with Gasteiger partial charge in [0, 0.05) is 29.8 Å². The summed E-state index contributed by atoms with van der Waals surface area (Å²) in [5, 5.41) is 7.24. The Morgan fingerprint density at radius 3 is 2.60 bits per heavy atom. The first-order valence-corrected chi connectivity index (χ1v) is 5.71. The Hall–Kier alpha value is -1.42. The third kappa shape index (κ3) is 1.99. The van der Waals surface area contributed by atoms with E-state index in [1.54, 1.807) is 11.3 Å². The van der Waals surface area contributed by atoms with Crippen LogP contribution in [0, 0.1) is 13.8 Å². The lowest BCUT2D eigenvalue weighted by atomic mass is 10.2. The van der Waals surface area contributed by atoms with Gasteiger partial charge in [0.1, 0.15) is 5.82 Å². The van der Waals surface area contributed by atoms with Crippen LogP contribution in [0.25, 0.3) is 11.4 Å². The quantitative estimate of drug-likeness (QED) is 0.844. The molecule has 0 bridgehead atoms. The molecule has 3 nitrogen and oxygen atoms in total. The van der Waals surface area contributed by atoms with Gasteiger partial charge in [-0.05, 0) is 24.8 Å². The molecule has 1 N–H and O–H groups in total. The van der Waals surface area contributed by atoms with Crippen LogP contribution in [0.2, 0.25) is 0 Å². The second-order valence-corrected chi connectivity index (χ2v) is 4.18. The van der Waals surface area contributed by atoms with Gasteiger partial charge in [-0.25, -0.2) is 9.97 Å². The van der Waals surface area contributed by atoms with Crippen molar-refractivity contribution in [1.82, 2.24) is 9.97 Å². The predicted molar refractivity (Wildman–Crippen MR) is 64.4 cm³/mol. The Bertz CT molecular complexity index is 476. The van der Waals surface area contributed by atoms with Gasteiger partial charge in [0.25, 0.3) is 0 Å². The normalized spacial score (nSPS) is 10.3. The molecule has 0 aliphatic rings. The number of nitrogens with zero attached hydrogens (tertiary/aromatic N) is 2. The molecule has 4 heteroatoms. The van der Waals surface area contributed by atoms with E-state index >= 15 is 0 Å². The van der Waals surface area contributed by atoms with Gasteiger partial charge in [-0.3, -0.25) is 0 Å². The monoisotopic (exact) mass is 219 g/mol. The van der Waals surface area contributed by atoms with E-state index in [1.807, 2.05) is 20.0 Å². The first-order chi connectivity index (χ1) is 7.20. The van der Waals surface area contributed by atoms with Crippen molar-refractivity contribution >= 4 is 17.2 Å². The summed E-state index contributed by atoms with van der Waals surface area (Å²) in [6.45, 7) is 4.06. The van der Waals surface area contributed by atoms with E-state index < -0.39 is 0 Å². The molecule has 2 heterocycles. The van der Waals surface area contributed by atoms with Crippen molar-refractivity contribution in [3.05, 3.63) is 28.1 Å². The number of hydrogen-bond donors (Lipinski definition) is 1. The van der Waals surface area contributed by atoms with Crippen LogP contribution >= 0.6 is 11.3 Å². The smallest absolute Gasteiger partial charge is 0.162 e. The molecule has 0 spiro atoms. The van der Waals surface area contributed by atoms with Crippen molar-refractivity contribution in [3.8, 4) is 11.4 Å². The number of nitrogens with one attached hydrogen (secondary N) is 1. The van der Waals surface area contributed by atoms with Crippen molar-refractivity contribution in [2.75, 3.05) is 12.4 Å². The number of aryl methyl sites for hydroxylation is 2. The van der Waals surface area contributed by atoms with Gasteiger partial charge in [0.05, 0.1) is 0 Å². The van der Waals surface area contributed by atoms with Gasteiger partial charge >= 0.3 is 0 Å². The molecule has 0 aliphatic heterocycles. The lowest BCUT2D eigenvalue weighted by Crippen LogP contribution is -1.98. The molecule has 0 aromatic carbocycles. The molecule has 0 aliphatic carbocycles. The standard InChI is InChI=1S/C11H13N3S/c1-7-5-15-6-9(7)11-13-8(2)4-10(12-3)14-11/h4-6H,1-3H3,(H,12,13,14). The number of thiophene rings is 1. The van der Waals surface area contributed by atoms with Crippen LogP contribution in [-0.4, -0.2) is 17.0 Å². The van der Waals surface area contributed by atoms with Crippen LogP contribution in [0.4, 0.5) is 5.82 Å². The molecule has 15 heavy (non-hydrogen) atoms. The highest BCUT2D eigenvalue weighted by atomic mass is 32.1. The zero-order chi connectivity index (χ0) is 10.8. The minimum atomic E-state index is 0.804. The number of aromatic nitrogens is 2. The fourth-order valence-electron chi connectivity index (χ4n) is 1.41. The van der Waals surface area contributed by atoms with Gasteiger partial charge in [-0.15, -0.1) is 0 Å². The summed E-state index contributed by atoms with van der Waals surface area (Å²) < 4.78 is 0. The summed E-state index contributed by atoms with van der Waals surface area (Å²) in [6, 6.07) is 1.94. The molecule has 2 rings (SSSR count). The van der Waals surface area contributed by atoms with E-state index in [-0.39, 0.29) is 0 Å². The summed E-state index contributed by atoms with van der Waals surface area (Å²) >= 11 is 1.68. The van der Waals surface area contributed by atoms with E-state index in [0.717, 1.165) is 22.9 Å². The van der Waals surface area contributed by atoms with Crippen LogP contribution in [0.5, 0.6) is 0 Å². The molecule has 2 aromatic rings. The Balaban J connectivity index is 2.53. The Kier molecular flexibility index (Phi) is 2.68. The summed E-state index contributed by atoms with van der Waals surface area (Å²) in [4.78, 5) is 8.88. The zero-order valence-electron chi connectivity index (χ0n) is 9.03. The van der Waals surface area contributed by atoms with E-state index in [1.165, 1.54) is 5.56 Å². The minimum absolute atomic E-state index is 0.804. The lowest BCUT2D eigenvalue weighted by Gasteiger charge is -2.04. The fourth-order valence-corrected chi connectivity index (χ4v) is 2.23. The SMILES string of the molecule is CNc1cc(C)nc(-c2cscc2C)n1. The largest absolute Gasteiger partial charge is 0.373 e. The molecule has 0 radical (unpaired) electrons. The predicted octanol–water partition coefficient (Wildman–Crippen LogP) is 2.86. The molecule has 0 fully saturated rings. The zero-order valence-corrected chi connectivity index (χ0v) is 9.85. The molecule has 0 amide bonds. The van der Waals surface area contributed by atoms with E-state index in [0.29, 0.717) is 0 Å². The van der Waals surface area contributed by atoms with Crippen molar-refractivity contribution in [2.24, 2.45) is 0 Å². The molecular formula is C11H13N3S. The molecule has 0 unspecified atom stereocenters. The topological polar surface area (TPSA) is 37.8 Å². The van der Waals surface area contributed by atoms with Crippen LogP contribution in [0.3, 0.4) is 0 Å². The van der Waals surface area contributed by atoms with Gasteiger partial charge in [0.2, 0.25) is 0 Å². The first kappa shape index (κ1) is 10.1. The van der Waals surface area contributed by atoms with Crippen LogP contribution in [0.15, 0.2) is 16.8 Å². The molecular weight excluding hydrogens is 206 g/mol. The van der Waals surface area contributed by atoms with E-state index in [4.69, 9.17) is 0 Å². The third-order valence-corrected chi connectivity index (χ3v) is 3.07. The Morgan fingerprint density at radius 2 is 2.00 bits per heavy atom. The highest BCUT2D eigenvalue weighted by Crippen LogP contribution is 2.24. The van der Waals surface area contributed by atoms with Crippen molar-refractivity contribution in [1.29, 1.82) is 0 Å². The van der Waals surface area contributed by atoms with Crippen LogP contribution in [-0.2, 0) is 0 Å². The number of anilines is 1. The highest BCUT2D eigenvalue weighted by Gasteiger charge is 2.07. The van der Waals surface area contributed by atoms with Crippen molar-refractivity contribution in [3.63, 3.8) is 0 Å². The molecule has 0 saturated carbocycles. The lowest BCUT2D eigenvalue weighted by molar-refractivity contribution is 1.11. The number of hydrogen-bond acceptors (Lipinski definition) is 4. The second kappa shape index (κ2) is 3.98. The Labute approximate surface area is 93.2 Å². The minimum Gasteiger partial charge on any atom is -0.373 e. The first-order valence-electron chi connectivity index (χ1n) is 4.77. The van der Waals surface area contributed by atoms with Crippen LogP contribution < -0.4 is 5.32 Å². The van der Waals surface area contributed by atoms with Gasteiger partial charge < -0.3 is 5.32 Å². The maximum Gasteiger partial charge on any atom is 0.162 e. The number of rotatable bonds is 2. The average molecular weight is 219 g/mol. The van der Waals surface area contributed by atoms with Crippen molar-refractivity contribution < 1.29 is 0 Å². The summed E-state index contributed by atoms with van der Waals surface area (Å²) in [5.74, 6) is 1.67. The second-order valence-electron chi connectivity index (χ2n) is 3.44. The van der Waals surface area contributed by atoms with E-state index in [2.05, 4.69) is 33.0 Å². The Morgan fingerprint density at radius 1 is 1.20 bits per heavy atom. The van der Waals surface area contributed by atoms with Gasteiger partial charge in [0.15, 0.2) is 5.82 Å². The molecule has 0 atom stereocenters. The summed E-state index contributed by atoms with van der Waals surface area (Å²) in [5.41, 5.74) is 3.34. The van der Waals surface area contributed by atoms with Crippen molar-refractivity contribution in [2.45, 2.75) is 13.8 Å². The third-order valence-electron chi connectivity index (χ3n) is 2.21. The average Bonchev–Trinajstić information content (AvgIpc) is 2.63. The summed E-state index contributed by atoms with van der Waals surface area (Å²) in [6.07, 6.45) is 0. The molecule has 0 saturated heterocycles. The summed E-state index contributed by atoms with van der Waals surface area (Å²) in [7, 11) is 1.87. The maximum atomic E-state index is 4.44. The molecule has 78 valence electrons. The molecule has 2 aromatic heterocycles. The van der Waals surface area contributed by atoms with Crippen LogP contribution in [0.1, 0.15) is 11.3 Å². The maximum absolute atomic E-state index is 4.44. The van der Waals surface area contributed by atoms with E-state index in [9.17, 15) is 0 Å². The highest BCUT2D eigenvalue weighted by molar-refractivity contribution is 7.08. The fraction of sp³-hybridized carbons (Fsp3) is 0.273. The van der Waals surface area contributed by atoms with Gasteiger partial charge in [-0.1, -0.05) is 0 Å². The van der Waals surface area contributed by atoms with Gasteiger partial charge in [-0.2, -0.15) is 11.3 Å².